The van der Waals surface area contributed by atoms with Crippen molar-refractivity contribution in [3.05, 3.63) is 23.8 Å². The number of aliphatic imine (C=N–C) groups is 1. The van der Waals surface area contributed by atoms with E-state index in [0.29, 0.717) is 26.4 Å². The molecule has 0 aliphatic heterocycles. The summed E-state index contributed by atoms with van der Waals surface area (Å²) < 4.78 is 21.6. The molecule has 0 fully saturated rings. The molecular formula is C16H25NO4. The maximum Gasteiger partial charge on any atom is 0.176 e. The summed E-state index contributed by atoms with van der Waals surface area (Å²) in [6.07, 6.45) is 1.48. The first-order valence-corrected chi connectivity index (χ1v) is 7.28. The summed E-state index contributed by atoms with van der Waals surface area (Å²) in [5.41, 5.74) is 0.952. The van der Waals surface area contributed by atoms with Crippen molar-refractivity contribution in [1.82, 2.24) is 0 Å². The Hall–Kier alpha value is -1.59. The molecule has 5 heteroatoms. The van der Waals surface area contributed by atoms with Crippen LogP contribution in [0.4, 0.5) is 0 Å². The molecule has 0 N–H and O–H groups in total. The molecule has 0 radical (unpaired) electrons. The normalized spacial score (nSPS) is 12.6. The van der Waals surface area contributed by atoms with Crippen LogP contribution in [0.25, 0.3) is 0 Å². The fraction of sp³-hybridized carbons (Fsp3) is 0.562. The molecule has 21 heavy (non-hydrogen) atoms. The third-order valence-corrected chi connectivity index (χ3v) is 2.68. The summed E-state index contributed by atoms with van der Waals surface area (Å²) in [5.74, 6) is 1.48. The zero-order valence-corrected chi connectivity index (χ0v) is 13.3. The van der Waals surface area contributed by atoms with Crippen LogP contribution in [0.15, 0.2) is 23.2 Å². The number of hydrogen-bond donors (Lipinski definition) is 0. The lowest BCUT2D eigenvalue weighted by molar-refractivity contribution is -0.112. The third-order valence-electron chi connectivity index (χ3n) is 2.68. The van der Waals surface area contributed by atoms with Crippen LogP contribution in [0, 0.1) is 0 Å². The number of methoxy groups -OCH3 is 1. The predicted molar refractivity (Wildman–Crippen MR) is 83.7 cm³/mol. The molecule has 5 nitrogen and oxygen atoms in total. The van der Waals surface area contributed by atoms with Crippen molar-refractivity contribution >= 4 is 6.21 Å². The second kappa shape index (κ2) is 10.2. The topological polar surface area (TPSA) is 49.3 Å². The van der Waals surface area contributed by atoms with Gasteiger partial charge in [-0.15, -0.1) is 0 Å². The molecule has 1 aromatic rings. The van der Waals surface area contributed by atoms with Gasteiger partial charge in [0.05, 0.1) is 19.8 Å². The number of rotatable bonds is 10. The van der Waals surface area contributed by atoms with Gasteiger partial charge in [-0.1, -0.05) is 0 Å². The highest BCUT2D eigenvalue weighted by Gasteiger charge is 2.06. The van der Waals surface area contributed by atoms with E-state index in [-0.39, 0.29) is 6.29 Å². The van der Waals surface area contributed by atoms with Gasteiger partial charge in [-0.05, 0) is 44.5 Å². The first kappa shape index (κ1) is 17.5. The van der Waals surface area contributed by atoms with E-state index in [2.05, 4.69) is 4.99 Å². The van der Waals surface area contributed by atoms with E-state index in [9.17, 15) is 0 Å². The fourth-order valence-corrected chi connectivity index (χ4v) is 1.77. The maximum absolute atomic E-state index is 5.58. The van der Waals surface area contributed by atoms with Gasteiger partial charge in [-0.3, -0.25) is 4.99 Å². The van der Waals surface area contributed by atoms with Crippen LogP contribution >= 0.6 is 0 Å². The molecule has 0 saturated heterocycles. The summed E-state index contributed by atoms with van der Waals surface area (Å²) >= 11 is 0. The minimum atomic E-state index is -0.305. The minimum absolute atomic E-state index is 0.305. The maximum atomic E-state index is 5.58. The van der Waals surface area contributed by atoms with Crippen molar-refractivity contribution in [2.45, 2.75) is 27.1 Å². The first-order chi connectivity index (χ1) is 10.2. The molecular weight excluding hydrogens is 270 g/mol. The Kier molecular flexibility index (Phi) is 8.47. The van der Waals surface area contributed by atoms with Crippen molar-refractivity contribution in [3.8, 4) is 11.5 Å². The Morgan fingerprint density at radius 3 is 2.38 bits per heavy atom. The summed E-state index contributed by atoms with van der Waals surface area (Å²) in [4.78, 5) is 4.34. The van der Waals surface area contributed by atoms with Gasteiger partial charge in [0.1, 0.15) is 0 Å². The number of nitrogens with zero attached hydrogens (tertiary/aromatic N) is 1. The van der Waals surface area contributed by atoms with Crippen LogP contribution in [0.1, 0.15) is 26.3 Å². The molecule has 1 aromatic carbocycles. The summed E-state index contributed by atoms with van der Waals surface area (Å²) in [5, 5.41) is 0. The van der Waals surface area contributed by atoms with Gasteiger partial charge in [0.15, 0.2) is 17.8 Å². The molecule has 0 bridgehead atoms. The van der Waals surface area contributed by atoms with Crippen LogP contribution in [0.5, 0.6) is 11.5 Å². The van der Waals surface area contributed by atoms with Crippen molar-refractivity contribution in [2.75, 3.05) is 33.5 Å². The molecule has 0 aliphatic carbocycles. The molecule has 1 rings (SSSR count). The fourth-order valence-electron chi connectivity index (χ4n) is 1.77. The van der Waals surface area contributed by atoms with Gasteiger partial charge in [0.25, 0.3) is 0 Å². The third kappa shape index (κ3) is 6.14. The molecule has 1 unspecified atom stereocenters. The zero-order chi connectivity index (χ0) is 15.5. The largest absolute Gasteiger partial charge is 0.490 e. The van der Waals surface area contributed by atoms with Crippen LogP contribution < -0.4 is 9.47 Å². The van der Waals surface area contributed by atoms with Crippen LogP contribution in [-0.4, -0.2) is 46.0 Å². The second-order valence-electron chi connectivity index (χ2n) is 4.19. The lowest BCUT2D eigenvalue weighted by atomic mass is 10.2. The van der Waals surface area contributed by atoms with E-state index in [4.69, 9.17) is 18.9 Å². The lowest BCUT2D eigenvalue weighted by Gasteiger charge is -2.12. The Bertz CT molecular complexity index is 434. The molecule has 118 valence electrons. The van der Waals surface area contributed by atoms with E-state index < -0.39 is 0 Å². The summed E-state index contributed by atoms with van der Waals surface area (Å²) in [6.45, 7) is 8.09. The van der Waals surface area contributed by atoms with Crippen LogP contribution in [0.2, 0.25) is 0 Å². The average molecular weight is 295 g/mol. The highest BCUT2D eigenvalue weighted by molar-refractivity contribution is 5.80. The molecule has 1 atom stereocenters. The zero-order valence-electron chi connectivity index (χ0n) is 13.3. The van der Waals surface area contributed by atoms with Crippen molar-refractivity contribution in [2.24, 2.45) is 4.99 Å². The summed E-state index contributed by atoms with van der Waals surface area (Å²) in [6, 6.07) is 5.76. The van der Waals surface area contributed by atoms with E-state index >= 15 is 0 Å². The first-order valence-electron chi connectivity index (χ1n) is 7.28. The van der Waals surface area contributed by atoms with Crippen LogP contribution in [-0.2, 0) is 9.47 Å². The number of ether oxygens (including phenoxy) is 4. The van der Waals surface area contributed by atoms with Gasteiger partial charge in [-0.2, -0.15) is 0 Å². The van der Waals surface area contributed by atoms with Crippen molar-refractivity contribution in [3.63, 3.8) is 0 Å². The molecule has 0 aliphatic rings. The van der Waals surface area contributed by atoms with Gasteiger partial charge < -0.3 is 18.9 Å². The quantitative estimate of drug-likeness (QED) is 0.492. The average Bonchev–Trinajstić information content (AvgIpc) is 2.49. The Morgan fingerprint density at radius 1 is 1.05 bits per heavy atom. The molecule has 0 heterocycles. The number of hydrogen-bond acceptors (Lipinski definition) is 5. The highest BCUT2D eigenvalue weighted by Crippen LogP contribution is 2.27. The SMILES string of the molecule is CCOc1ccc(C=NCC(OC)OCC)cc1OCC. The molecule has 0 aromatic heterocycles. The van der Waals surface area contributed by atoms with E-state index in [1.165, 1.54) is 0 Å². The van der Waals surface area contributed by atoms with E-state index in [1.54, 1.807) is 13.3 Å². The van der Waals surface area contributed by atoms with Gasteiger partial charge in [0, 0.05) is 19.9 Å². The standard InChI is InChI=1S/C16H25NO4/c1-5-19-14-9-8-13(10-15(14)20-6-2)11-17-12-16(18-4)21-7-3/h8-11,16H,5-7,12H2,1-4H3. The van der Waals surface area contributed by atoms with Gasteiger partial charge >= 0.3 is 0 Å². The van der Waals surface area contributed by atoms with E-state index in [1.807, 2.05) is 39.0 Å². The molecule has 0 amide bonds. The smallest absolute Gasteiger partial charge is 0.176 e. The van der Waals surface area contributed by atoms with Crippen molar-refractivity contribution < 1.29 is 18.9 Å². The van der Waals surface area contributed by atoms with Gasteiger partial charge in [-0.25, -0.2) is 0 Å². The van der Waals surface area contributed by atoms with Gasteiger partial charge in [0.2, 0.25) is 0 Å². The number of benzene rings is 1. The van der Waals surface area contributed by atoms with Crippen LogP contribution in [0.3, 0.4) is 0 Å². The second-order valence-corrected chi connectivity index (χ2v) is 4.19. The Morgan fingerprint density at radius 2 is 1.76 bits per heavy atom. The Balaban J connectivity index is 2.72. The minimum Gasteiger partial charge on any atom is -0.490 e. The highest BCUT2D eigenvalue weighted by atomic mass is 16.7. The van der Waals surface area contributed by atoms with Crippen molar-refractivity contribution in [1.29, 1.82) is 0 Å². The molecule has 0 spiro atoms. The molecule has 0 saturated carbocycles. The summed E-state index contributed by atoms with van der Waals surface area (Å²) in [7, 11) is 1.61. The Labute approximate surface area is 126 Å². The van der Waals surface area contributed by atoms with E-state index in [0.717, 1.165) is 17.1 Å². The lowest BCUT2D eigenvalue weighted by Crippen LogP contribution is -2.18. The monoisotopic (exact) mass is 295 g/mol. The predicted octanol–water partition coefficient (Wildman–Crippen LogP) is 2.91.